The van der Waals surface area contributed by atoms with E-state index in [1.165, 1.54) is 22.3 Å². The Labute approximate surface area is 325 Å². The Kier molecular flexibility index (Phi) is 7.36. The van der Waals surface area contributed by atoms with Crippen LogP contribution in [0.15, 0.2) is 200 Å². The van der Waals surface area contributed by atoms with Gasteiger partial charge in [0.2, 0.25) is 0 Å². The maximum Gasteiger partial charge on any atom is 0.160 e. The molecule has 0 saturated carbocycles. The quantitative estimate of drug-likeness (QED) is 0.178. The zero-order valence-electron chi connectivity index (χ0n) is 30.3. The molecule has 0 unspecified atom stereocenters. The summed E-state index contributed by atoms with van der Waals surface area (Å²) in [4.78, 5) is 14.8. The number of pyridine rings is 1. The van der Waals surface area contributed by atoms with Gasteiger partial charge in [-0.1, -0.05) is 164 Å². The Balaban J connectivity index is 1.10. The third-order valence-electron chi connectivity index (χ3n) is 11.2. The first-order chi connectivity index (χ1) is 27.7. The van der Waals surface area contributed by atoms with Gasteiger partial charge in [-0.25, -0.2) is 9.97 Å². The van der Waals surface area contributed by atoms with E-state index in [0.29, 0.717) is 5.82 Å². The molecule has 0 amide bonds. The monoisotopic (exact) mass is 715 g/mol. The fourth-order valence-electron chi connectivity index (χ4n) is 8.69. The summed E-state index contributed by atoms with van der Waals surface area (Å²) >= 11 is 0. The standard InChI is InChI=1S/C52H33N3O/c1-3-13-35(14-4-1)47-33-48(55-51(54-47)37-15-5-2-6-16-37)39-27-29-45-50(32-39)56-49-31-38(34-22-24-36(25-23-34)46-21-11-12-30-53-46)26-28-44(49)52(45)42-19-9-7-17-40(42)41-18-8-10-20-43(41)52/h1-33H. The van der Waals surface area contributed by atoms with Crippen molar-refractivity contribution in [2.24, 2.45) is 0 Å². The van der Waals surface area contributed by atoms with E-state index in [9.17, 15) is 0 Å². The lowest BCUT2D eigenvalue weighted by atomic mass is 9.66. The molecule has 0 fully saturated rings. The first-order valence-electron chi connectivity index (χ1n) is 18.9. The van der Waals surface area contributed by atoms with Crippen molar-refractivity contribution < 1.29 is 4.74 Å². The van der Waals surface area contributed by atoms with Crippen LogP contribution < -0.4 is 4.74 Å². The summed E-state index contributed by atoms with van der Waals surface area (Å²) < 4.78 is 7.09. The molecule has 7 aromatic carbocycles. The molecule has 2 aliphatic rings. The molecule has 2 aromatic heterocycles. The van der Waals surface area contributed by atoms with E-state index in [2.05, 4.69) is 145 Å². The van der Waals surface area contributed by atoms with E-state index >= 15 is 0 Å². The molecular formula is C52H33N3O. The number of rotatable bonds is 5. The van der Waals surface area contributed by atoms with Crippen molar-refractivity contribution in [3.8, 4) is 78.9 Å². The second-order valence-corrected chi connectivity index (χ2v) is 14.4. The molecule has 1 aliphatic heterocycles. The lowest BCUT2D eigenvalue weighted by molar-refractivity contribution is 0.437. The number of nitrogens with zero attached hydrogens (tertiary/aromatic N) is 3. The first kappa shape index (κ1) is 32.0. The van der Waals surface area contributed by atoms with Crippen molar-refractivity contribution >= 4 is 0 Å². The fourth-order valence-corrected chi connectivity index (χ4v) is 8.69. The minimum atomic E-state index is -0.577. The normalized spacial score (nSPS) is 12.9. The number of benzene rings is 7. The van der Waals surface area contributed by atoms with Gasteiger partial charge in [-0.2, -0.15) is 0 Å². The second-order valence-electron chi connectivity index (χ2n) is 14.4. The van der Waals surface area contributed by atoms with Crippen molar-refractivity contribution in [1.82, 2.24) is 15.0 Å². The van der Waals surface area contributed by atoms with Crippen molar-refractivity contribution in [2.45, 2.75) is 5.41 Å². The van der Waals surface area contributed by atoms with Crippen LogP contribution in [0.2, 0.25) is 0 Å². The summed E-state index contributed by atoms with van der Waals surface area (Å²) in [5, 5.41) is 0. The van der Waals surface area contributed by atoms with E-state index in [0.717, 1.165) is 73.1 Å². The van der Waals surface area contributed by atoms with E-state index < -0.39 is 5.41 Å². The van der Waals surface area contributed by atoms with Gasteiger partial charge in [-0.05, 0) is 63.7 Å². The Bertz CT molecular complexity index is 2820. The predicted octanol–water partition coefficient (Wildman–Crippen LogP) is 12.7. The highest BCUT2D eigenvalue weighted by atomic mass is 16.5. The SMILES string of the molecule is c1ccc(-c2cc(-c3ccc4c(c3)Oc3cc(-c5ccc(-c6ccccn6)cc5)ccc3C43c4ccccc4-c4ccccc43)nc(-c3ccccc3)n2)cc1. The Morgan fingerprint density at radius 1 is 0.339 bits per heavy atom. The Morgan fingerprint density at radius 3 is 1.48 bits per heavy atom. The summed E-state index contributed by atoms with van der Waals surface area (Å²) in [6, 6.07) is 68.2. The summed E-state index contributed by atoms with van der Waals surface area (Å²) in [5.74, 6) is 2.33. The van der Waals surface area contributed by atoms with Gasteiger partial charge in [0, 0.05) is 39.6 Å². The largest absolute Gasteiger partial charge is 0.457 e. The topological polar surface area (TPSA) is 47.9 Å². The minimum Gasteiger partial charge on any atom is -0.457 e. The molecule has 0 saturated heterocycles. The van der Waals surface area contributed by atoms with E-state index in [1.54, 1.807) is 0 Å². The zero-order valence-corrected chi connectivity index (χ0v) is 30.3. The first-order valence-corrected chi connectivity index (χ1v) is 18.9. The number of hydrogen-bond acceptors (Lipinski definition) is 4. The van der Waals surface area contributed by atoms with Crippen LogP contribution in [0, 0.1) is 0 Å². The van der Waals surface area contributed by atoms with E-state index in [-0.39, 0.29) is 0 Å². The molecule has 0 radical (unpaired) electrons. The average molecular weight is 716 g/mol. The highest BCUT2D eigenvalue weighted by Gasteiger charge is 2.51. The molecule has 1 aliphatic carbocycles. The van der Waals surface area contributed by atoms with Crippen LogP contribution in [0.25, 0.3) is 67.4 Å². The molecule has 4 heteroatoms. The van der Waals surface area contributed by atoms with Crippen LogP contribution in [0.3, 0.4) is 0 Å². The smallest absolute Gasteiger partial charge is 0.160 e. The third-order valence-corrected chi connectivity index (χ3v) is 11.2. The van der Waals surface area contributed by atoms with Gasteiger partial charge in [-0.3, -0.25) is 4.98 Å². The molecule has 0 bridgehead atoms. The molecule has 9 aromatic rings. The van der Waals surface area contributed by atoms with Crippen molar-refractivity contribution in [3.05, 3.63) is 223 Å². The van der Waals surface area contributed by atoms with Gasteiger partial charge in [-0.15, -0.1) is 0 Å². The maximum absolute atomic E-state index is 7.09. The van der Waals surface area contributed by atoms with Crippen molar-refractivity contribution in [1.29, 1.82) is 0 Å². The van der Waals surface area contributed by atoms with Crippen LogP contribution >= 0.6 is 0 Å². The number of aromatic nitrogens is 3. The van der Waals surface area contributed by atoms with Crippen LogP contribution in [0.4, 0.5) is 0 Å². The molecule has 0 atom stereocenters. The summed E-state index contributed by atoms with van der Waals surface area (Å²) in [5.41, 5.74) is 15.6. The zero-order chi connectivity index (χ0) is 37.1. The number of hydrogen-bond donors (Lipinski definition) is 0. The molecule has 4 nitrogen and oxygen atoms in total. The van der Waals surface area contributed by atoms with Gasteiger partial charge in [0.25, 0.3) is 0 Å². The highest BCUT2D eigenvalue weighted by Crippen LogP contribution is 2.62. The summed E-state index contributed by atoms with van der Waals surface area (Å²) in [6.07, 6.45) is 1.83. The molecule has 3 heterocycles. The molecular weight excluding hydrogens is 683 g/mol. The maximum atomic E-state index is 7.09. The average Bonchev–Trinajstić information content (AvgIpc) is 3.57. The van der Waals surface area contributed by atoms with Crippen molar-refractivity contribution in [2.75, 3.05) is 0 Å². The summed E-state index contributed by atoms with van der Waals surface area (Å²) in [7, 11) is 0. The van der Waals surface area contributed by atoms with Gasteiger partial charge in [0.1, 0.15) is 11.5 Å². The number of ether oxygens (including phenoxy) is 1. The Morgan fingerprint density at radius 2 is 0.839 bits per heavy atom. The van der Waals surface area contributed by atoms with Gasteiger partial charge in [0.15, 0.2) is 5.82 Å². The Hall–Kier alpha value is -7.43. The molecule has 262 valence electrons. The van der Waals surface area contributed by atoms with Crippen LogP contribution in [-0.2, 0) is 5.41 Å². The van der Waals surface area contributed by atoms with Crippen molar-refractivity contribution in [3.63, 3.8) is 0 Å². The highest BCUT2D eigenvalue weighted by molar-refractivity contribution is 5.89. The van der Waals surface area contributed by atoms with Gasteiger partial charge >= 0.3 is 0 Å². The number of fused-ring (bicyclic) bond motifs is 9. The second kappa shape index (κ2) is 12.9. The van der Waals surface area contributed by atoms with Gasteiger partial charge in [0.05, 0.1) is 22.5 Å². The third kappa shape index (κ3) is 5.04. The molecule has 1 spiro atoms. The predicted molar refractivity (Wildman–Crippen MR) is 224 cm³/mol. The molecule has 56 heavy (non-hydrogen) atoms. The fraction of sp³-hybridized carbons (Fsp3) is 0.0192. The lowest BCUT2D eigenvalue weighted by Gasteiger charge is -2.39. The van der Waals surface area contributed by atoms with E-state index in [4.69, 9.17) is 14.7 Å². The molecule has 0 N–H and O–H groups in total. The van der Waals surface area contributed by atoms with Gasteiger partial charge < -0.3 is 4.74 Å². The molecule has 11 rings (SSSR count). The summed E-state index contributed by atoms with van der Waals surface area (Å²) in [6.45, 7) is 0. The van der Waals surface area contributed by atoms with E-state index in [1.807, 2.05) is 60.8 Å². The minimum absolute atomic E-state index is 0.577. The van der Waals surface area contributed by atoms with Crippen LogP contribution in [0.5, 0.6) is 11.5 Å². The lowest BCUT2D eigenvalue weighted by Crippen LogP contribution is -2.32. The van der Waals surface area contributed by atoms with Crippen LogP contribution in [-0.4, -0.2) is 15.0 Å². The van der Waals surface area contributed by atoms with Crippen LogP contribution in [0.1, 0.15) is 22.3 Å².